The molecule has 104 valence electrons. The fourth-order valence-electron chi connectivity index (χ4n) is 1.80. The van der Waals surface area contributed by atoms with Gasteiger partial charge >= 0.3 is 6.09 Å². The molecule has 0 saturated heterocycles. The minimum absolute atomic E-state index is 0.189. The van der Waals surface area contributed by atoms with Gasteiger partial charge in [0, 0.05) is 17.4 Å². The molecule has 0 bridgehead atoms. The lowest BCUT2D eigenvalue weighted by Gasteiger charge is -2.21. The zero-order chi connectivity index (χ0) is 14.5. The van der Waals surface area contributed by atoms with Crippen molar-refractivity contribution in [1.29, 1.82) is 0 Å². The molecule has 20 heavy (non-hydrogen) atoms. The number of carboxylic acid groups (broad SMARTS) is 1. The summed E-state index contributed by atoms with van der Waals surface area (Å²) >= 11 is 5.94. The van der Waals surface area contributed by atoms with Crippen LogP contribution in [0, 0.1) is 0 Å². The van der Waals surface area contributed by atoms with Gasteiger partial charge in [-0.05, 0) is 35.9 Å². The number of hydrogen-bond acceptors (Lipinski definition) is 3. The molecular formula is C14H13ClN2O3. The third kappa shape index (κ3) is 3.19. The van der Waals surface area contributed by atoms with Crippen molar-refractivity contribution in [2.45, 2.75) is 6.54 Å². The maximum Gasteiger partial charge on any atom is 0.412 e. The predicted octanol–water partition coefficient (Wildman–Crippen LogP) is 3.43. The van der Waals surface area contributed by atoms with Crippen LogP contribution in [-0.4, -0.2) is 23.3 Å². The Hall–Kier alpha value is -2.27. The lowest BCUT2D eigenvalue weighted by atomic mass is 10.2. The van der Waals surface area contributed by atoms with E-state index < -0.39 is 6.09 Å². The maximum absolute atomic E-state index is 11.5. The Labute approximate surface area is 121 Å². The average Bonchev–Trinajstić information content (AvgIpc) is 2.45. The summed E-state index contributed by atoms with van der Waals surface area (Å²) in [6.07, 6.45) is 2.15. The van der Waals surface area contributed by atoms with Gasteiger partial charge in [-0.15, -0.1) is 0 Å². The molecule has 0 saturated carbocycles. The number of pyridine rings is 1. The Morgan fingerprint density at radius 1 is 1.35 bits per heavy atom. The Bertz CT molecular complexity index is 605. The number of amides is 1. The smallest absolute Gasteiger partial charge is 0.412 e. The molecule has 2 aromatic rings. The minimum atomic E-state index is -1.08. The molecule has 2 rings (SSSR count). The zero-order valence-electron chi connectivity index (χ0n) is 10.8. The molecule has 5 nitrogen and oxygen atoms in total. The predicted molar refractivity (Wildman–Crippen MR) is 76.4 cm³/mol. The molecule has 1 aromatic heterocycles. The number of carbonyl (C=O) groups is 1. The first-order chi connectivity index (χ1) is 9.61. The van der Waals surface area contributed by atoms with E-state index in [9.17, 15) is 9.90 Å². The number of halogens is 1. The van der Waals surface area contributed by atoms with E-state index in [0.717, 1.165) is 5.56 Å². The monoisotopic (exact) mass is 292 g/mol. The molecule has 0 atom stereocenters. The molecule has 0 spiro atoms. The lowest BCUT2D eigenvalue weighted by molar-refractivity contribution is 0.201. The minimum Gasteiger partial charge on any atom is -0.495 e. The van der Waals surface area contributed by atoms with Crippen molar-refractivity contribution in [3.63, 3.8) is 0 Å². The third-order valence-corrected chi connectivity index (χ3v) is 2.99. The van der Waals surface area contributed by atoms with Crippen LogP contribution in [0.5, 0.6) is 5.75 Å². The molecule has 6 heteroatoms. The number of rotatable bonds is 4. The number of hydrogen-bond donors (Lipinski definition) is 1. The molecule has 1 heterocycles. The standard InChI is InChI=1S/C14H13ClN2O3/c1-20-13-3-2-11(15)8-12(13)17(14(18)19)9-10-4-6-16-7-5-10/h2-8H,9H2,1H3,(H,18,19). The highest BCUT2D eigenvalue weighted by Crippen LogP contribution is 2.32. The van der Waals surface area contributed by atoms with Crippen LogP contribution in [0.3, 0.4) is 0 Å². The summed E-state index contributed by atoms with van der Waals surface area (Å²) in [6.45, 7) is 0.189. The molecule has 0 radical (unpaired) electrons. The highest BCUT2D eigenvalue weighted by molar-refractivity contribution is 6.31. The van der Waals surface area contributed by atoms with Crippen molar-refractivity contribution in [2.75, 3.05) is 12.0 Å². The largest absolute Gasteiger partial charge is 0.495 e. The number of methoxy groups -OCH3 is 1. The molecule has 1 N–H and O–H groups in total. The second-order valence-electron chi connectivity index (χ2n) is 4.04. The molecule has 1 aromatic carbocycles. The van der Waals surface area contributed by atoms with Crippen LogP contribution in [0.2, 0.25) is 5.02 Å². The van der Waals surface area contributed by atoms with Crippen molar-refractivity contribution in [2.24, 2.45) is 0 Å². The van der Waals surface area contributed by atoms with Gasteiger partial charge in [-0.2, -0.15) is 0 Å². The Morgan fingerprint density at radius 2 is 2.05 bits per heavy atom. The lowest BCUT2D eigenvalue weighted by Crippen LogP contribution is -2.29. The van der Waals surface area contributed by atoms with E-state index in [1.54, 1.807) is 42.7 Å². The molecule has 0 aliphatic rings. The summed E-state index contributed by atoms with van der Waals surface area (Å²) in [4.78, 5) is 16.6. The number of anilines is 1. The van der Waals surface area contributed by atoms with Gasteiger partial charge in [-0.1, -0.05) is 11.6 Å². The van der Waals surface area contributed by atoms with Crippen LogP contribution in [0.4, 0.5) is 10.5 Å². The van der Waals surface area contributed by atoms with E-state index in [1.807, 2.05) is 0 Å². The van der Waals surface area contributed by atoms with E-state index in [1.165, 1.54) is 12.0 Å². The zero-order valence-corrected chi connectivity index (χ0v) is 11.5. The van der Waals surface area contributed by atoms with Gasteiger partial charge < -0.3 is 9.84 Å². The summed E-state index contributed by atoms with van der Waals surface area (Å²) in [5, 5.41) is 9.86. The summed E-state index contributed by atoms with van der Waals surface area (Å²) in [5.74, 6) is 0.450. The normalized spacial score (nSPS) is 10.1. The second-order valence-corrected chi connectivity index (χ2v) is 4.48. The third-order valence-electron chi connectivity index (χ3n) is 2.75. The van der Waals surface area contributed by atoms with E-state index in [2.05, 4.69) is 4.98 Å². The van der Waals surface area contributed by atoms with Gasteiger partial charge in [0.05, 0.1) is 19.3 Å². The first kappa shape index (κ1) is 14.1. The Balaban J connectivity index is 2.38. The van der Waals surface area contributed by atoms with Gasteiger partial charge in [0.25, 0.3) is 0 Å². The molecule has 0 aliphatic heterocycles. The Morgan fingerprint density at radius 3 is 2.65 bits per heavy atom. The van der Waals surface area contributed by atoms with E-state index in [0.29, 0.717) is 16.5 Å². The first-order valence-electron chi connectivity index (χ1n) is 5.84. The number of benzene rings is 1. The highest BCUT2D eigenvalue weighted by atomic mass is 35.5. The van der Waals surface area contributed by atoms with E-state index >= 15 is 0 Å². The van der Waals surface area contributed by atoms with Crippen molar-refractivity contribution in [3.05, 3.63) is 53.3 Å². The quantitative estimate of drug-likeness (QED) is 0.938. The van der Waals surface area contributed by atoms with Gasteiger partial charge in [0.15, 0.2) is 0 Å². The Kier molecular flexibility index (Phi) is 4.42. The van der Waals surface area contributed by atoms with Crippen LogP contribution in [0.25, 0.3) is 0 Å². The van der Waals surface area contributed by atoms with Crippen LogP contribution in [-0.2, 0) is 6.54 Å². The van der Waals surface area contributed by atoms with Crippen molar-refractivity contribution >= 4 is 23.4 Å². The van der Waals surface area contributed by atoms with Gasteiger partial charge in [-0.3, -0.25) is 9.88 Å². The molecule has 0 unspecified atom stereocenters. The molecule has 0 fully saturated rings. The SMILES string of the molecule is COc1ccc(Cl)cc1N(Cc1ccncc1)C(=O)O. The summed E-state index contributed by atoms with van der Waals surface area (Å²) in [6, 6.07) is 8.37. The van der Waals surface area contributed by atoms with Gasteiger partial charge in [0.2, 0.25) is 0 Å². The van der Waals surface area contributed by atoms with Crippen molar-refractivity contribution in [3.8, 4) is 5.75 Å². The summed E-state index contributed by atoms with van der Waals surface area (Å²) in [5.41, 5.74) is 1.23. The number of nitrogens with zero attached hydrogens (tertiary/aromatic N) is 2. The van der Waals surface area contributed by atoms with Crippen LogP contribution in [0.15, 0.2) is 42.7 Å². The van der Waals surface area contributed by atoms with Gasteiger partial charge in [0.1, 0.15) is 5.75 Å². The van der Waals surface area contributed by atoms with Crippen molar-refractivity contribution < 1.29 is 14.6 Å². The number of ether oxygens (including phenoxy) is 1. The van der Waals surface area contributed by atoms with E-state index in [-0.39, 0.29) is 6.54 Å². The van der Waals surface area contributed by atoms with Crippen LogP contribution >= 0.6 is 11.6 Å². The fourth-order valence-corrected chi connectivity index (χ4v) is 1.97. The topological polar surface area (TPSA) is 62.7 Å². The maximum atomic E-state index is 11.5. The summed E-state index contributed by atoms with van der Waals surface area (Å²) in [7, 11) is 1.49. The molecule has 0 aliphatic carbocycles. The number of aromatic nitrogens is 1. The summed E-state index contributed by atoms with van der Waals surface area (Å²) < 4.78 is 5.19. The average molecular weight is 293 g/mol. The van der Waals surface area contributed by atoms with Crippen LogP contribution < -0.4 is 9.64 Å². The van der Waals surface area contributed by atoms with Crippen LogP contribution in [0.1, 0.15) is 5.56 Å². The molecular weight excluding hydrogens is 280 g/mol. The van der Waals surface area contributed by atoms with Crippen molar-refractivity contribution in [1.82, 2.24) is 4.98 Å². The van der Waals surface area contributed by atoms with E-state index in [4.69, 9.17) is 16.3 Å². The second kappa shape index (κ2) is 6.25. The molecule has 1 amide bonds. The first-order valence-corrected chi connectivity index (χ1v) is 6.22. The van der Waals surface area contributed by atoms with Gasteiger partial charge in [-0.25, -0.2) is 4.79 Å². The fraction of sp³-hybridized carbons (Fsp3) is 0.143. The highest BCUT2D eigenvalue weighted by Gasteiger charge is 2.19.